The van der Waals surface area contributed by atoms with Crippen molar-refractivity contribution >= 4 is 28.8 Å². The molecule has 0 bridgehead atoms. The van der Waals surface area contributed by atoms with Crippen LogP contribution in [0.15, 0.2) is 57.7 Å². The van der Waals surface area contributed by atoms with Crippen molar-refractivity contribution in [1.29, 1.82) is 0 Å². The third-order valence-corrected chi connectivity index (χ3v) is 3.59. The Bertz CT molecular complexity index is 908. The molecule has 3 rings (SSSR count). The van der Waals surface area contributed by atoms with E-state index in [1.165, 1.54) is 6.07 Å². The first-order valence-corrected chi connectivity index (χ1v) is 7.27. The van der Waals surface area contributed by atoms with E-state index in [1.807, 2.05) is 37.4 Å². The van der Waals surface area contributed by atoms with Gasteiger partial charge in [0.2, 0.25) is 0 Å². The van der Waals surface area contributed by atoms with Crippen molar-refractivity contribution in [3.63, 3.8) is 0 Å². The highest BCUT2D eigenvalue weighted by atomic mass is 16.5. The first kappa shape index (κ1) is 14.9. The number of nitrogens with one attached hydrogen (secondary N) is 1. The summed E-state index contributed by atoms with van der Waals surface area (Å²) in [7, 11) is 3.45. The second-order valence-corrected chi connectivity index (χ2v) is 5.08. The lowest BCUT2D eigenvalue weighted by atomic mass is 10.1. The van der Waals surface area contributed by atoms with E-state index < -0.39 is 0 Å². The Kier molecular flexibility index (Phi) is 4.15. The van der Waals surface area contributed by atoms with Crippen LogP contribution in [-0.4, -0.2) is 14.2 Å². The van der Waals surface area contributed by atoms with E-state index >= 15 is 0 Å². The van der Waals surface area contributed by atoms with Gasteiger partial charge in [-0.3, -0.25) is 4.79 Å². The minimum absolute atomic E-state index is 0.0877. The van der Waals surface area contributed by atoms with E-state index in [9.17, 15) is 4.79 Å². The van der Waals surface area contributed by atoms with Gasteiger partial charge in [0.1, 0.15) is 17.1 Å². The molecule has 0 unspecified atom stereocenters. The highest BCUT2D eigenvalue weighted by Crippen LogP contribution is 2.20. The minimum atomic E-state index is -0.0877. The average molecular weight is 307 g/mol. The van der Waals surface area contributed by atoms with Crippen LogP contribution >= 0.6 is 0 Å². The predicted molar refractivity (Wildman–Crippen MR) is 94.0 cm³/mol. The van der Waals surface area contributed by atoms with Crippen molar-refractivity contribution < 1.29 is 9.15 Å². The predicted octanol–water partition coefficient (Wildman–Crippen LogP) is 4.01. The lowest BCUT2D eigenvalue weighted by molar-refractivity contribution is 0.415. The molecule has 0 amide bonds. The summed E-state index contributed by atoms with van der Waals surface area (Å²) < 4.78 is 10.9. The van der Waals surface area contributed by atoms with E-state index in [-0.39, 0.29) is 5.43 Å². The molecule has 0 aliphatic rings. The van der Waals surface area contributed by atoms with Crippen LogP contribution in [0.3, 0.4) is 0 Å². The molecule has 0 atom stereocenters. The Labute approximate surface area is 134 Å². The molecule has 1 aromatic heterocycles. The summed E-state index contributed by atoms with van der Waals surface area (Å²) in [5, 5.41) is 3.58. The molecule has 0 aliphatic carbocycles. The molecule has 23 heavy (non-hydrogen) atoms. The zero-order chi connectivity index (χ0) is 16.2. The molecule has 0 radical (unpaired) electrons. The summed E-state index contributed by atoms with van der Waals surface area (Å²) in [4.78, 5) is 12.2. The summed E-state index contributed by atoms with van der Waals surface area (Å²) in [6, 6.07) is 14.7. The van der Waals surface area contributed by atoms with Crippen LogP contribution in [0.2, 0.25) is 0 Å². The van der Waals surface area contributed by atoms with E-state index in [0.717, 1.165) is 11.3 Å². The van der Waals surface area contributed by atoms with E-state index in [4.69, 9.17) is 9.15 Å². The SMILES string of the molecule is CNc1ccc(C=Cc2cc(=O)c3cc(OC)ccc3o2)cc1. The van der Waals surface area contributed by atoms with Crippen molar-refractivity contribution in [3.8, 4) is 5.75 Å². The third-order valence-electron chi connectivity index (χ3n) is 3.59. The molecule has 1 N–H and O–H groups in total. The number of fused-ring (bicyclic) bond motifs is 1. The van der Waals surface area contributed by atoms with Gasteiger partial charge in [-0.05, 0) is 42.0 Å². The van der Waals surface area contributed by atoms with Gasteiger partial charge in [0.05, 0.1) is 12.5 Å². The fourth-order valence-electron chi connectivity index (χ4n) is 2.30. The van der Waals surface area contributed by atoms with Crippen LogP contribution in [0.4, 0.5) is 5.69 Å². The molecule has 0 saturated carbocycles. The van der Waals surface area contributed by atoms with Gasteiger partial charge in [0.15, 0.2) is 5.43 Å². The molecule has 2 aromatic carbocycles. The number of hydrogen-bond acceptors (Lipinski definition) is 4. The molecule has 0 spiro atoms. The third kappa shape index (κ3) is 3.26. The topological polar surface area (TPSA) is 51.5 Å². The van der Waals surface area contributed by atoms with Crippen molar-refractivity contribution in [2.45, 2.75) is 0 Å². The van der Waals surface area contributed by atoms with Crippen molar-refractivity contribution in [2.75, 3.05) is 19.5 Å². The molecule has 116 valence electrons. The summed E-state index contributed by atoms with van der Waals surface area (Å²) in [6.07, 6.45) is 3.70. The Balaban J connectivity index is 1.93. The molecule has 1 heterocycles. The second-order valence-electron chi connectivity index (χ2n) is 5.08. The number of benzene rings is 2. The largest absolute Gasteiger partial charge is 0.497 e. The Hall–Kier alpha value is -3.01. The van der Waals surface area contributed by atoms with E-state index in [1.54, 1.807) is 31.4 Å². The molecule has 0 saturated heterocycles. The fraction of sp³-hybridized carbons (Fsp3) is 0.105. The first-order chi connectivity index (χ1) is 11.2. The Morgan fingerprint density at radius 2 is 1.83 bits per heavy atom. The van der Waals surface area contributed by atoms with Gasteiger partial charge in [-0.15, -0.1) is 0 Å². The summed E-state index contributed by atoms with van der Waals surface area (Å²) >= 11 is 0. The summed E-state index contributed by atoms with van der Waals surface area (Å²) in [5.41, 5.74) is 2.54. The van der Waals surface area contributed by atoms with Crippen LogP contribution < -0.4 is 15.5 Å². The van der Waals surface area contributed by atoms with Crippen molar-refractivity contribution in [1.82, 2.24) is 0 Å². The number of anilines is 1. The highest BCUT2D eigenvalue weighted by Gasteiger charge is 2.04. The second kappa shape index (κ2) is 6.40. The van der Waals surface area contributed by atoms with Crippen LogP contribution in [-0.2, 0) is 0 Å². The summed E-state index contributed by atoms with van der Waals surface area (Å²) in [6.45, 7) is 0. The first-order valence-electron chi connectivity index (χ1n) is 7.27. The Morgan fingerprint density at radius 1 is 1.04 bits per heavy atom. The fourth-order valence-corrected chi connectivity index (χ4v) is 2.30. The standard InChI is InChI=1S/C19H17NO3/c1-20-14-6-3-13(4-7-14)5-8-16-12-18(21)17-11-15(22-2)9-10-19(17)23-16/h3-12,20H,1-2H3. The molecule has 3 aromatic rings. The van der Waals surface area contributed by atoms with Gasteiger partial charge in [-0.1, -0.05) is 18.2 Å². The maximum absolute atomic E-state index is 12.2. The number of methoxy groups -OCH3 is 1. The molecule has 0 aliphatic heterocycles. The van der Waals surface area contributed by atoms with Crippen LogP contribution in [0.5, 0.6) is 5.75 Å². The quantitative estimate of drug-likeness (QED) is 0.791. The molecule has 0 fully saturated rings. The molecular formula is C19H17NO3. The molecule has 4 heteroatoms. The lowest BCUT2D eigenvalue weighted by Gasteiger charge is -2.02. The van der Waals surface area contributed by atoms with E-state index in [2.05, 4.69) is 5.32 Å². The van der Waals surface area contributed by atoms with Crippen molar-refractivity contribution in [3.05, 3.63) is 70.1 Å². The maximum atomic E-state index is 12.2. The van der Waals surface area contributed by atoms with Gasteiger partial charge < -0.3 is 14.5 Å². The van der Waals surface area contributed by atoms with Crippen LogP contribution in [0.25, 0.3) is 23.1 Å². The maximum Gasteiger partial charge on any atom is 0.193 e. The van der Waals surface area contributed by atoms with Gasteiger partial charge in [-0.2, -0.15) is 0 Å². The minimum Gasteiger partial charge on any atom is -0.497 e. The van der Waals surface area contributed by atoms with Crippen LogP contribution in [0, 0.1) is 0 Å². The van der Waals surface area contributed by atoms with Crippen LogP contribution in [0.1, 0.15) is 11.3 Å². The number of hydrogen-bond donors (Lipinski definition) is 1. The smallest absolute Gasteiger partial charge is 0.193 e. The monoisotopic (exact) mass is 307 g/mol. The lowest BCUT2D eigenvalue weighted by Crippen LogP contribution is -2.00. The summed E-state index contributed by atoms with van der Waals surface area (Å²) in [5.74, 6) is 1.16. The number of ether oxygens (including phenoxy) is 1. The zero-order valence-electron chi connectivity index (χ0n) is 13.0. The highest BCUT2D eigenvalue weighted by molar-refractivity contribution is 5.79. The van der Waals surface area contributed by atoms with Gasteiger partial charge >= 0.3 is 0 Å². The van der Waals surface area contributed by atoms with Gasteiger partial charge in [0.25, 0.3) is 0 Å². The Morgan fingerprint density at radius 3 is 2.52 bits per heavy atom. The van der Waals surface area contributed by atoms with Gasteiger partial charge in [0, 0.05) is 18.8 Å². The normalized spacial score (nSPS) is 11.0. The molecular weight excluding hydrogens is 290 g/mol. The zero-order valence-corrected chi connectivity index (χ0v) is 13.0. The van der Waals surface area contributed by atoms with Gasteiger partial charge in [-0.25, -0.2) is 0 Å². The molecule has 4 nitrogen and oxygen atoms in total. The van der Waals surface area contributed by atoms with E-state index in [0.29, 0.717) is 22.5 Å². The van der Waals surface area contributed by atoms with Crippen molar-refractivity contribution in [2.24, 2.45) is 0 Å². The number of rotatable bonds is 4. The average Bonchev–Trinajstić information content (AvgIpc) is 2.60.